The Kier molecular flexibility index (Phi) is 3.21. The molecule has 0 aromatic rings. The van der Waals surface area contributed by atoms with E-state index in [0.717, 1.165) is 0 Å². The molecule has 0 heterocycles. The lowest BCUT2D eigenvalue weighted by Gasteiger charge is -2.59. The van der Waals surface area contributed by atoms with E-state index in [-0.39, 0.29) is 24.7 Å². The third-order valence-electron chi connectivity index (χ3n) is 5.58. The van der Waals surface area contributed by atoms with Crippen LogP contribution in [0.4, 0.5) is 26.3 Å². The van der Waals surface area contributed by atoms with Gasteiger partial charge in [-0.25, -0.2) is 0 Å². The van der Waals surface area contributed by atoms with Gasteiger partial charge in [0.15, 0.2) is 0 Å². The fourth-order valence-corrected chi connectivity index (χ4v) is 5.29. The van der Waals surface area contributed by atoms with Crippen LogP contribution in [0.25, 0.3) is 0 Å². The molecular formula is C14H14F6O2. The molecule has 3 atom stereocenters. The van der Waals surface area contributed by atoms with Crippen molar-refractivity contribution in [3.63, 3.8) is 0 Å². The number of hydrogen-bond acceptors (Lipinski definition) is 2. The maximum Gasteiger partial charge on any atom is 0.450 e. The average Bonchev–Trinajstić information content (AvgIpc) is 2.34. The van der Waals surface area contributed by atoms with Crippen LogP contribution in [0.3, 0.4) is 0 Å². The smallest absolute Gasteiger partial charge is 0.289 e. The maximum atomic E-state index is 12.9. The van der Waals surface area contributed by atoms with Gasteiger partial charge in [0.25, 0.3) is 0 Å². The SMILES string of the molecule is O=C(C1C2CC3CC(C2)CC1(C(=O)C(F)(F)F)C3)C(F)(F)F. The molecule has 8 heteroatoms. The molecule has 0 aromatic heterocycles. The monoisotopic (exact) mass is 328 g/mol. The van der Waals surface area contributed by atoms with Crippen LogP contribution in [0.5, 0.6) is 0 Å². The molecular weight excluding hydrogens is 314 g/mol. The van der Waals surface area contributed by atoms with Gasteiger partial charge in [-0.05, 0) is 49.9 Å². The minimum Gasteiger partial charge on any atom is -0.289 e. The summed E-state index contributed by atoms with van der Waals surface area (Å²) in [5.41, 5.74) is -2.19. The zero-order valence-electron chi connectivity index (χ0n) is 11.4. The van der Waals surface area contributed by atoms with E-state index >= 15 is 0 Å². The zero-order chi connectivity index (χ0) is 16.5. The first-order valence-corrected chi connectivity index (χ1v) is 7.18. The van der Waals surface area contributed by atoms with Gasteiger partial charge >= 0.3 is 12.4 Å². The van der Waals surface area contributed by atoms with E-state index in [1.807, 2.05) is 0 Å². The Morgan fingerprint density at radius 1 is 0.818 bits per heavy atom. The van der Waals surface area contributed by atoms with Crippen LogP contribution in [0.1, 0.15) is 32.1 Å². The molecule has 4 fully saturated rings. The lowest BCUT2D eigenvalue weighted by atomic mass is 9.43. The molecule has 4 bridgehead atoms. The van der Waals surface area contributed by atoms with E-state index in [9.17, 15) is 35.9 Å². The van der Waals surface area contributed by atoms with Crippen LogP contribution < -0.4 is 0 Å². The van der Waals surface area contributed by atoms with Crippen LogP contribution >= 0.6 is 0 Å². The number of rotatable bonds is 2. The highest BCUT2D eigenvalue weighted by Crippen LogP contribution is 2.65. The second-order valence-corrected chi connectivity index (χ2v) is 6.93. The van der Waals surface area contributed by atoms with E-state index in [0.29, 0.717) is 19.3 Å². The van der Waals surface area contributed by atoms with Gasteiger partial charge in [-0.3, -0.25) is 9.59 Å². The van der Waals surface area contributed by atoms with E-state index < -0.39 is 41.2 Å². The summed E-state index contributed by atoms with van der Waals surface area (Å²) in [6, 6.07) is 0. The summed E-state index contributed by atoms with van der Waals surface area (Å²) in [4.78, 5) is 23.7. The Morgan fingerprint density at radius 3 is 1.73 bits per heavy atom. The van der Waals surface area contributed by atoms with Crippen LogP contribution in [-0.4, -0.2) is 23.9 Å². The molecule has 0 radical (unpaired) electrons. The quantitative estimate of drug-likeness (QED) is 0.725. The van der Waals surface area contributed by atoms with Crippen molar-refractivity contribution in [3.8, 4) is 0 Å². The van der Waals surface area contributed by atoms with E-state index in [1.54, 1.807) is 0 Å². The molecule has 0 saturated heterocycles. The van der Waals surface area contributed by atoms with Gasteiger partial charge in [-0.1, -0.05) is 0 Å². The molecule has 2 nitrogen and oxygen atoms in total. The van der Waals surface area contributed by atoms with Crippen molar-refractivity contribution >= 4 is 11.6 Å². The summed E-state index contributed by atoms with van der Waals surface area (Å²) >= 11 is 0. The molecule has 124 valence electrons. The largest absolute Gasteiger partial charge is 0.450 e. The van der Waals surface area contributed by atoms with Crippen molar-refractivity contribution in [1.29, 1.82) is 0 Å². The molecule has 0 N–H and O–H groups in total. The first-order chi connectivity index (χ1) is 9.95. The molecule has 0 aromatic carbocycles. The molecule has 0 aliphatic heterocycles. The fraction of sp³-hybridized carbons (Fsp3) is 0.857. The van der Waals surface area contributed by atoms with Crippen molar-refractivity contribution in [1.82, 2.24) is 0 Å². The van der Waals surface area contributed by atoms with Gasteiger partial charge < -0.3 is 0 Å². The Balaban J connectivity index is 2.06. The highest BCUT2D eigenvalue weighted by molar-refractivity contribution is 5.98. The summed E-state index contributed by atoms with van der Waals surface area (Å²) in [7, 11) is 0. The Labute approximate surface area is 122 Å². The molecule has 0 spiro atoms. The van der Waals surface area contributed by atoms with Gasteiger partial charge in [0.1, 0.15) is 0 Å². The van der Waals surface area contributed by atoms with Crippen molar-refractivity contribution < 1.29 is 35.9 Å². The Bertz CT molecular complexity index is 506. The van der Waals surface area contributed by atoms with Crippen molar-refractivity contribution in [2.24, 2.45) is 29.1 Å². The van der Waals surface area contributed by atoms with Crippen LogP contribution in [-0.2, 0) is 9.59 Å². The van der Waals surface area contributed by atoms with E-state index in [2.05, 4.69) is 0 Å². The van der Waals surface area contributed by atoms with Crippen molar-refractivity contribution in [2.45, 2.75) is 44.5 Å². The van der Waals surface area contributed by atoms with Crippen molar-refractivity contribution in [2.75, 3.05) is 0 Å². The number of halogens is 6. The molecule has 4 saturated carbocycles. The van der Waals surface area contributed by atoms with E-state index in [4.69, 9.17) is 0 Å². The third kappa shape index (κ3) is 2.17. The summed E-state index contributed by atoms with van der Waals surface area (Å²) in [6.45, 7) is 0. The van der Waals surface area contributed by atoms with E-state index in [1.165, 1.54) is 0 Å². The molecule has 0 amide bonds. The predicted molar refractivity (Wildman–Crippen MR) is 61.6 cm³/mol. The molecule has 4 aliphatic carbocycles. The predicted octanol–water partition coefficient (Wildman–Crippen LogP) is 3.69. The number of carbonyl (C=O) groups excluding carboxylic acids is 2. The summed E-state index contributed by atoms with van der Waals surface area (Å²) in [5.74, 6) is -7.28. The minimum absolute atomic E-state index is 0.180. The highest BCUT2D eigenvalue weighted by Gasteiger charge is 2.69. The molecule has 22 heavy (non-hydrogen) atoms. The summed E-state index contributed by atoms with van der Waals surface area (Å²) < 4.78 is 77.4. The normalized spacial score (nSPS) is 40.8. The second kappa shape index (κ2) is 4.47. The van der Waals surface area contributed by atoms with Crippen molar-refractivity contribution in [3.05, 3.63) is 0 Å². The number of carbonyl (C=O) groups is 2. The van der Waals surface area contributed by atoms with Gasteiger partial charge in [-0.15, -0.1) is 0 Å². The lowest BCUT2D eigenvalue weighted by Crippen LogP contribution is -2.62. The topological polar surface area (TPSA) is 34.1 Å². The molecule has 3 unspecified atom stereocenters. The van der Waals surface area contributed by atoms with Gasteiger partial charge in [0.05, 0.1) is 0 Å². The number of hydrogen-bond donors (Lipinski definition) is 0. The van der Waals surface area contributed by atoms with Gasteiger partial charge in [0.2, 0.25) is 11.6 Å². The maximum absolute atomic E-state index is 12.9. The molecule has 4 aliphatic rings. The standard InChI is InChI=1S/C14H14F6O2/c15-13(16,17)10(21)9-8-2-6-1-7(3-8)5-12(9,4-6)11(22)14(18,19)20/h6-9H,1-5H2. The van der Waals surface area contributed by atoms with Gasteiger partial charge in [-0.2, -0.15) is 26.3 Å². The van der Waals surface area contributed by atoms with Crippen LogP contribution in [0.2, 0.25) is 0 Å². The average molecular weight is 328 g/mol. The number of alkyl halides is 6. The van der Waals surface area contributed by atoms with Gasteiger partial charge in [0, 0.05) is 11.3 Å². The minimum atomic E-state index is -5.21. The summed E-state index contributed by atoms with van der Waals surface area (Å²) in [6.07, 6.45) is -9.63. The third-order valence-corrected chi connectivity index (χ3v) is 5.58. The molecule has 4 rings (SSSR count). The first-order valence-electron chi connectivity index (χ1n) is 7.18. The summed E-state index contributed by atoms with van der Waals surface area (Å²) in [5, 5.41) is 0. The van der Waals surface area contributed by atoms with Crippen LogP contribution in [0, 0.1) is 29.1 Å². The first kappa shape index (κ1) is 15.8. The fourth-order valence-electron chi connectivity index (χ4n) is 5.29. The number of Topliss-reactive ketones (excluding diaryl/α,β-unsaturated/α-hetero) is 2. The lowest BCUT2D eigenvalue weighted by molar-refractivity contribution is -0.215. The van der Waals surface area contributed by atoms with Crippen LogP contribution in [0.15, 0.2) is 0 Å². The highest BCUT2D eigenvalue weighted by atomic mass is 19.4. The second-order valence-electron chi connectivity index (χ2n) is 6.93. The Morgan fingerprint density at radius 2 is 1.32 bits per heavy atom. The zero-order valence-corrected chi connectivity index (χ0v) is 11.4. The Hall–Kier alpha value is -1.08. The number of ketones is 2.